The normalized spacial score (nSPS) is 30.8. The van der Waals surface area contributed by atoms with E-state index in [9.17, 15) is 19.8 Å². The first kappa shape index (κ1) is 17.2. The molecule has 0 aromatic carbocycles. The number of nitrogens with zero attached hydrogens (tertiary/aromatic N) is 2. The van der Waals surface area contributed by atoms with Crippen molar-refractivity contribution in [3.05, 3.63) is 10.6 Å². The van der Waals surface area contributed by atoms with E-state index in [0.717, 1.165) is 0 Å². The van der Waals surface area contributed by atoms with E-state index in [2.05, 4.69) is 0 Å². The van der Waals surface area contributed by atoms with Gasteiger partial charge in [0.1, 0.15) is 11.5 Å². The Morgan fingerprint density at radius 2 is 2.12 bits per heavy atom. The summed E-state index contributed by atoms with van der Waals surface area (Å²) in [5, 5.41) is 27.3. The van der Waals surface area contributed by atoms with Gasteiger partial charge >= 0.3 is 5.97 Å². The number of aliphatic hydroxyl groups is 1. The van der Waals surface area contributed by atoms with Gasteiger partial charge in [-0.05, 0) is 6.92 Å². The third-order valence-corrected chi connectivity index (χ3v) is 6.48. The Kier molecular flexibility index (Phi) is 4.35. The molecule has 0 saturated carbocycles. The van der Waals surface area contributed by atoms with Crippen molar-refractivity contribution in [1.29, 1.82) is 5.41 Å². The van der Waals surface area contributed by atoms with Crippen molar-refractivity contribution in [2.75, 3.05) is 19.6 Å². The molecule has 0 bridgehead atoms. The second kappa shape index (κ2) is 6.05. The van der Waals surface area contributed by atoms with Crippen LogP contribution >= 0.6 is 11.8 Å². The van der Waals surface area contributed by atoms with Gasteiger partial charge in [-0.2, -0.15) is 0 Å². The van der Waals surface area contributed by atoms with Crippen molar-refractivity contribution in [2.45, 2.75) is 31.2 Å². The number of likely N-dealkylation sites (tertiary alicyclic amines) is 1. The highest BCUT2D eigenvalue weighted by atomic mass is 32.2. The van der Waals surface area contributed by atoms with Gasteiger partial charge in [0.05, 0.1) is 24.6 Å². The van der Waals surface area contributed by atoms with Crippen LogP contribution in [0, 0.1) is 17.2 Å². The molecule has 24 heavy (non-hydrogen) atoms. The van der Waals surface area contributed by atoms with Crippen molar-refractivity contribution < 1.29 is 19.8 Å². The molecule has 1 amide bonds. The number of hydrogen-bond acceptors (Lipinski definition) is 6. The molecule has 4 atom stereocenters. The van der Waals surface area contributed by atoms with Gasteiger partial charge < -0.3 is 25.7 Å². The second-order valence-corrected chi connectivity index (χ2v) is 7.91. The number of amides is 1. The van der Waals surface area contributed by atoms with Crippen LogP contribution in [0.15, 0.2) is 10.6 Å². The molecule has 8 nitrogen and oxygen atoms in total. The standard InChI is InChI=1S/C15H22N4O4S/c1-6-11-10(7(2)20)14(21)19(11)12(15(22)23)13(6)24-8-4-18(5-8)9(17)3-16/h6-8,10-11,17,20H,3-5,16H2,1-2H3,(H,22,23)/t6-,7-,10-,11-/m1/s1. The van der Waals surface area contributed by atoms with Gasteiger partial charge in [0.2, 0.25) is 5.91 Å². The molecule has 0 aromatic rings. The maximum atomic E-state index is 12.2. The van der Waals surface area contributed by atoms with E-state index in [4.69, 9.17) is 11.1 Å². The lowest BCUT2D eigenvalue weighted by atomic mass is 9.79. The second-order valence-electron chi connectivity index (χ2n) is 6.57. The number of hydrogen-bond donors (Lipinski definition) is 4. The highest BCUT2D eigenvalue weighted by molar-refractivity contribution is 8.03. The molecule has 0 aliphatic carbocycles. The van der Waals surface area contributed by atoms with Crippen molar-refractivity contribution in [3.8, 4) is 0 Å². The van der Waals surface area contributed by atoms with Gasteiger partial charge in [-0.3, -0.25) is 10.2 Å². The quantitative estimate of drug-likeness (QED) is 0.297. The summed E-state index contributed by atoms with van der Waals surface area (Å²) in [6, 6.07) is -0.273. The van der Waals surface area contributed by atoms with E-state index in [1.807, 2.05) is 11.8 Å². The van der Waals surface area contributed by atoms with Gasteiger partial charge in [-0.1, -0.05) is 6.92 Å². The van der Waals surface area contributed by atoms with Crippen LogP contribution in [-0.4, -0.2) is 74.8 Å². The predicted octanol–water partition coefficient (Wildman–Crippen LogP) is -0.507. The minimum absolute atomic E-state index is 0.0618. The number of amidine groups is 1. The molecule has 0 spiro atoms. The fourth-order valence-corrected chi connectivity index (χ4v) is 5.24. The smallest absolute Gasteiger partial charge is 0.353 e. The summed E-state index contributed by atoms with van der Waals surface area (Å²) in [5.74, 6) is -1.67. The summed E-state index contributed by atoms with van der Waals surface area (Å²) in [6.45, 7) is 4.98. The maximum Gasteiger partial charge on any atom is 0.353 e. The lowest BCUT2D eigenvalue weighted by Crippen LogP contribution is -2.63. The van der Waals surface area contributed by atoms with E-state index < -0.39 is 18.0 Å². The number of β-lactam (4-membered cyclic amide) rings is 1. The molecule has 0 radical (unpaired) electrons. The average molecular weight is 354 g/mol. The molecule has 0 unspecified atom stereocenters. The van der Waals surface area contributed by atoms with Crippen molar-refractivity contribution in [1.82, 2.24) is 9.80 Å². The number of nitrogens with one attached hydrogen (secondary N) is 1. The van der Waals surface area contributed by atoms with E-state index in [1.165, 1.54) is 16.7 Å². The molecule has 3 aliphatic rings. The topological polar surface area (TPSA) is 131 Å². The Balaban J connectivity index is 1.76. The van der Waals surface area contributed by atoms with Crippen molar-refractivity contribution in [3.63, 3.8) is 0 Å². The van der Waals surface area contributed by atoms with Crippen LogP contribution in [0.25, 0.3) is 0 Å². The zero-order valence-corrected chi connectivity index (χ0v) is 14.4. The van der Waals surface area contributed by atoms with Crippen LogP contribution < -0.4 is 5.73 Å². The van der Waals surface area contributed by atoms with Gasteiger partial charge in [0, 0.05) is 29.2 Å². The third kappa shape index (κ3) is 2.42. The van der Waals surface area contributed by atoms with Crippen LogP contribution in [0.4, 0.5) is 0 Å². The van der Waals surface area contributed by atoms with Crippen LogP contribution in [0.2, 0.25) is 0 Å². The third-order valence-electron chi connectivity index (χ3n) is 5.03. The van der Waals surface area contributed by atoms with Crippen LogP contribution in [0.5, 0.6) is 0 Å². The maximum absolute atomic E-state index is 12.2. The minimum atomic E-state index is -1.10. The lowest BCUT2D eigenvalue weighted by molar-refractivity contribution is -0.163. The summed E-state index contributed by atoms with van der Waals surface area (Å²) >= 11 is 1.48. The zero-order valence-electron chi connectivity index (χ0n) is 13.6. The number of carboxylic acids is 1. The van der Waals surface area contributed by atoms with Gasteiger partial charge in [-0.25, -0.2) is 4.79 Å². The molecular formula is C15H22N4O4S. The monoisotopic (exact) mass is 354 g/mol. The SMILES string of the molecule is C[C@@H](O)[C@H]1C(=O)N2C(C(=O)O)=C(SC3CN(C(=N)CN)C3)[C@H](C)[C@H]12. The van der Waals surface area contributed by atoms with Crippen molar-refractivity contribution >= 4 is 29.5 Å². The Bertz CT molecular complexity index is 629. The molecule has 2 fully saturated rings. The average Bonchev–Trinajstić information content (AvgIpc) is 2.70. The summed E-state index contributed by atoms with van der Waals surface area (Å²) in [7, 11) is 0. The van der Waals surface area contributed by atoms with Gasteiger partial charge in [0.25, 0.3) is 0 Å². The summed E-state index contributed by atoms with van der Waals surface area (Å²) < 4.78 is 0. The van der Waals surface area contributed by atoms with Crippen molar-refractivity contribution in [2.24, 2.45) is 17.6 Å². The Labute approximate surface area is 144 Å². The lowest BCUT2D eigenvalue weighted by Gasteiger charge is -2.46. The van der Waals surface area contributed by atoms with E-state index in [-0.39, 0.29) is 35.4 Å². The number of carbonyl (C=O) groups is 2. The fourth-order valence-electron chi connectivity index (χ4n) is 3.72. The largest absolute Gasteiger partial charge is 0.477 e. The van der Waals surface area contributed by atoms with E-state index in [0.29, 0.717) is 23.8 Å². The first-order chi connectivity index (χ1) is 11.3. The Hall–Kier alpha value is -1.58. The summed E-state index contributed by atoms with van der Waals surface area (Å²) in [6.07, 6.45) is -0.787. The number of aliphatic carboxylic acids is 1. The fraction of sp³-hybridized carbons (Fsp3) is 0.667. The van der Waals surface area contributed by atoms with E-state index >= 15 is 0 Å². The molecule has 3 heterocycles. The van der Waals surface area contributed by atoms with Crippen LogP contribution in [0.1, 0.15) is 13.8 Å². The molecule has 3 rings (SSSR count). The molecule has 3 aliphatic heterocycles. The van der Waals surface area contributed by atoms with Crippen LogP contribution in [0.3, 0.4) is 0 Å². The van der Waals surface area contributed by atoms with Crippen LogP contribution in [-0.2, 0) is 9.59 Å². The Morgan fingerprint density at radius 3 is 2.62 bits per heavy atom. The molecule has 5 N–H and O–H groups in total. The molecular weight excluding hydrogens is 332 g/mol. The highest BCUT2D eigenvalue weighted by Gasteiger charge is 2.60. The summed E-state index contributed by atoms with van der Waals surface area (Å²) in [4.78, 5) is 27.8. The number of aliphatic hydroxyl groups excluding tert-OH is 1. The number of thioether (sulfide) groups is 1. The zero-order chi connectivity index (χ0) is 17.8. The number of fused-ring (bicyclic) bond motifs is 1. The highest BCUT2D eigenvalue weighted by Crippen LogP contribution is 2.51. The number of carboxylic acid groups (broad SMARTS) is 1. The van der Waals surface area contributed by atoms with Gasteiger partial charge in [-0.15, -0.1) is 11.8 Å². The summed E-state index contributed by atoms with van der Waals surface area (Å²) in [5.41, 5.74) is 5.51. The first-order valence-corrected chi connectivity index (χ1v) is 8.83. The molecule has 0 aromatic heterocycles. The number of carbonyl (C=O) groups excluding carboxylic acids is 1. The Morgan fingerprint density at radius 1 is 1.50 bits per heavy atom. The van der Waals surface area contributed by atoms with Gasteiger partial charge in [0.15, 0.2) is 0 Å². The first-order valence-electron chi connectivity index (χ1n) is 7.95. The predicted molar refractivity (Wildman–Crippen MR) is 89.4 cm³/mol. The number of rotatable bonds is 5. The molecule has 132 valence electrons. The molecule has 9 heteroatoms. The minimum Gasteiger partial charge on any atom is -0.477 e. The van der Waals surface area contributed by atoms with E-state index in [1.54, 1.807) is 6.92 Å². The number of nitrogens with two attached hydrogens (primary N) is 1. The molecule has 2 saturated heterocycles.